The monoisotopic (exact) mass is 315 g/mol. The second kappa shape index (κ2) is 6.38. The highest BCUT2D eigenvalue weighted by atomic mass is 19.1. The van der Waals surface area contributed by atoms with Gasteiger partial charge in [0, 0.05) is 12.1 Å². The number of ether oxygens (including phenoxy) is 1. The molecule has 0 aliphatic carbocycles. The van der Waals surface area contributed by atoms with E-state index in [1.807, 2.05) is 6.07 Å². The number of benzene rings is 2. The number of rotatable bonds is 4. The Morgan fingerprint density at radius 2 is 2.09 bits per heavy atom. The number of methoxy groups -OCH3 is 1. The van der Waals surface area contributed by atoms with E-state index in [2.05, 4.69) is 5.32 Å². The van der Waals surface area contributed by atoms with E-state index in [1.54, 1.807) is 25.3 Å². The lowest BCUT2D eigenvalue weighted by molar-refractivity contribution is -0.136. The zero-order valence-electron chi connectivity index (χ0n) is 12.9. The van der Waals surface area contributed by atoms with E-state index in [4.69, 9.17) is 9.84 Å². The number of fused-ring (bicyclic) bond motifs is 1. The summed E-state index contributed by atoms with van der Waals surface area (Å²) in [5.74, 6) is -0.423. The second-order valence-corrected chi connectivity index (χ2v) is 5.58. The maximum absolute atomic E-state index is 14.1. The standard InChI is InChI=1S/C18H18FNO3/c1-23-17-5-2-11(9-18(21)22)8-14(17)12-3-4-16(19)13-6-7-20-10-15(12)13/h2-5,8,20H,6-7,9-10H2,1H3,(H,21,22). The van der Waals surface area contributed by atoms with E-state index in [0.717, 1.165) is 28.8 Å². The number of carbonyl (C=O) groups is 1. The van der Waals surface area contributed by atoms with Crippen molar-refractivity contribution in [1.29, 1.82) is 0 Å². The topological polar surface area (TPSA) is 58.6 Å². The number of hydrogen-bond donors (Lipinski definition) is 2. The van der Waals surface area contributed by atoms with Gasteiger partial charge in [-0.3, -0.25) is 4.79 Å². The molecule has 0 saturated heterocycles. The summed E-state index contributed by atoms with van der Waals surface area (Å²) in [6.07, 6.45) is 0.588. The van der Waals surface area contributed by atoms with Gasteiger partial charge >= 0.3 is 5.97 Å². The number of aliphatic carboxylic acids is 1. The third-order valence-corrected chi connectivity index (χ3v) is 4.14. The largest absolute Gasteiger partial charge is 0.496 e. The lowest BCUT2D eigenvalue weighted by Crippen LogP contribution is -2.25. The zero-order valence-corrected chi connectivity index (χ0v) is 12.9. The average Bonchev–Trinajstić information content (AvgIpc) is 2.55. The Morgan fingerprint density at radius 1 is 1.26 bits per heavy atom. The van der Waals surface area contributed by atoms with Gasteiger partial charge in [-0.15, -0.1) is 0 Å². The Balaban J connectivity index is 2.15. The summed E-state index contributed by atoms with van der Waals surface area (Å²) in [4.78, 5) is 11.0. The summed E-state index contributed by atoms with van der Waals surface area (Å²) in [5, 5.41) is 12.3. The molecule has 0 radical (unpaired) electrons. The molecule has 0 atom stereocenters. The number of carboxylic acid groups (broad SMARTS) is 1. The number of nitrogens with one attached hydrogen (secondary N) is 1. The van der Waals surface area contributed by atoms with Gasteiger partial charge in [0.25, 0.3) is 0 Å². The summed E-state index contributed by atoms with van der Waals surface area (Å²) in [7, 11) is 1.57. The molecule has 1 aliphatic heterocycles. The van der Waals surface area contributed by atoms with Crippen LogP contribution in [0.5, 0.6) is 5.75 Å². The van der Waals surface area contributed by atoms with Gasteiger partial charge < -0.3 is 15.2 Å². The molecule has 3 rings (SSSR count). The third kappa shape index (κ3) is 3.05. The van der Waals surface area contributed by atoms with E-state index in [0.29, 0.717) is 24.3 Å². The van der Waals surface area contributed by atoms with Gasteiger partial charge in [0.2, 0.25) is 0 Å². The molecular formula is C18H18FNO3. The Bertz CT molecular complexity index is 758. The molecule has 0 spiro atoms. The van der Waals surface area contributed by atoms with Crippen LogP contribution in [0.1, 0.15) is 16.7 Å². The van der Waals surface area contributed by atoms with Crippen LogP contribution in [0, 0.1) is 5.82 Å². The minimum Gasteiger partial charge on any atom is -0.496 e. The molecule has 23 heavy (non-hydrogen) atoms. The lowest BCUT2D eigenvalue weighted by Gasteiger charge is -2.22. The van der Waals surface area contributed by atoms with Crippen LogP contribution in [0.15, 0.2) is 30.3 Å². The molecule has 2 N–H and O–H groups in total. The SMILES string of the molecule is COc1ccc(CC(=O)O)cc1-c1ccc(F)c2c1CNCC2. The first-order valence-electron chi connectivity index (χ1n) is 7.50. The molecule has 5 heteroatoms. The number of carboxylic acids is 1. The molecular weight excluding hydrogens is 297 g/mol. The summed E-state index contributed by atoms with van der Waals surface area (Å²) in [5.41, 5.74) is 4.02. The number of hydrogen-bond acceptors (Lipinski definition) is 3. The van der Waals surface area contributed by atoms with Gasteiger partial charge in [0.1, 0.15) is 11.6 Å². The molecule has 0 fully saturated rings. The van der Waals surface area contributed by atoms with Gasteiger partial charge in [0.15, 0.2) is 0 Å². The van der Waals surface area contributed by atoms with Gasteiger partial charge in [-0.25, -0.2) is 4.39 Å². The molecule has 2 aromatic rings. The van der Waals surface area contributed by atoms with Crippen LogP contribution in [0.2, 0.25) is 0 Å². The van der Waals surface area contributed by atoms with Crippen molar-refractivity contribution in [2.45, 2.75) is 19.4 Å². The van der Waals surface area contributed by atoms with E-state index in [-0.39, 0.29) is 12.2 Å². The first-order chi connectivity index (χ1) is 11.1. The summed E-state index contributed by atoms with van der Waals surface area (Å²) >= 11 is 0. The molecule has 0 aromatic heterocycles. The molecule has 0 unspecified atom stereocenters. The maximum Gasteiger partial charge on any atom is 0.307 e. The van der Waals surface area contributed by atoms with Crippen molar-refractivity contribution >= 4 is 5.97 Å². The highest BCUT2D eigenvalue weighted by Crippen LogP contribution is 2.36. The molecule has 1 aliphatic rings. The van der Waals surface area contributed by atoms with Crippen molar-refractivity contribution in [1.82, 2.24) is 5.32 Å². The zero-order chi connectivity index (χ0) is 16.4. The van der Waals surface area contributed by atoms with Crippen molar-refractivity contribution in [2.75, 3.05) is 13.7 Å². The van der Waals surface area contributed by atoms with E-state index < -0.39 is 5.97 Å². The van der Waals surface area contributed by atoms with Crippen molar-refractivity contribution in [3.63, 3.8) is 0 Å². The quantitative estimate of drug-likeness (QED) is 0.911. The van der Waals surface area contributed by atoms with Crippen LogP contribution in [0.3, 0.4) is 0 Å². The molecule has 2 aromatic carbocycles. The predicted octanol–water partition coefficient (Wildman–Crippen LogP) is 2.77. The Hall–Kier alpha value is -2.40. The predicted molar refractivity (Wildman–Crippen MR) is 85.1 cm³/mol. The van der Waals surface area contributed by atoms with E-state index >= 15 is 0 Å². The third-order valence-electron chi connectivity index (χ3n) is 4.14. The van der Waals surface area contributed by atoms with Gasteiger partial charge in [-0.2, -0.15) is 0 Å². The minimum atomic E-state index is -0.885. The maximum atomic E-state index is 14.1. The second-order valence-electron chi connectivity index (χ2n) is 5.58. The van der Waals surface area contributed by atoms with Crippen LogP contribution < -0.4 is 10.1 Å². The normalized spacial score (nSPS) is 13.5. The number of halogens is 1. The van der Waals surface area contributed by atoms with Crippen molar-refractivity contribution in [3.8, 4) is 16.9 Å². The lowest BCUT2D eigenvalue weighted by atomic mass is 9.90. The van der Waals surface area contributed by atoms with Crippen molar-refractivity contribution in [3.05, 3.63) is 52.8 Å². The minimum absolute atomic E-state index is 0.0569. The van der Waals surface area contributed by atoms with Crippen LogP contribution in [0.25, 0.3) is 11.1 Å². The molecule has 0 bridgehead atoms. The Labute approximate surface area is 133 Å². The fourth-order valence-electron chi connectivity index (χ4n) is 3.07. The van der Waals surface area contributed by atoms with Gasteiger partial charge in [0.05, 0.1) is 13.5 Å². The molecule has 0 amide bonds. The van der Waals surface area contributed by atoms with E-state index in [9.17, 15) is 9.18 Å². The highest BCUT2D eigenvalue weighted by Gasteiger charge is 2.20. The summed E-state index contributed by atoms with van der Waals surface area (Å²) in [6, 6.07) is 8.53. The van der Waals surface area contributed by atoms with Crippen LogP contribution in [0.4, 0.5) is 4.39 Å². The first-order valence-corrected chi connectivity index (χ1v) is 7.50. The molecule has 120 valence electrons. The van der Waals surface area contributed by atoms with Crippen LogP contribution in [-0.4, -0.2) is 24.7 Å². The fourth-order valence-corrected chi connectivity index (χ4v) is 3.07. The van der Waals surface area contributed by atoms with Gasteiger partial charge in [-0.05, 0) is 53.4 Å². The van der Waals surface area contributed by atoms with Crippen molar-refractivity contribution < 1.29 is 19.0 Å². The fraction of sp³-hybridized carbons (Fsp3) is 0.278. The summed E-state index contributed by atoms with van der Waals surface area (Å²) in [6.45, 7) is 1.35. The smallest absolute Gasteiger partial charge is 0.307 e. The molecule has 0 saturated carbocycles. The summed E-state index contributed by atoms with van der Waals surface area (Å²) < 4.78 is 19.5. The van der Waals surface area contributed by atoms with Gasteiger partial charge in [-0.1, -0.05) is 12.1 Å². The Kier molecular flexibility index (Phi) is 4.30. The molecule has 1 heterocycles. The van der Waals surface area contributed by atoms with E-state index in [1.165, 1.54) is 6.07 Å². The van der Waals surface area contributed by atoms with Crippen LogP contribution >= 0.6 is 0 Å². The van der Waals surface area contributed by atoms with Crippen molar-refractivity contribution in [2.24, 2.45) is 0 Å². The molecule has 4 nitrogen and oxygen atoms in total. The Morgan fingerprint density at radius 3 is 2.83 bits per heavy atom. The highest BCUT2D eigenvalue weighted by molar-refractivity contribution is 5.77. The first kappa shape index (κ1) is 15.5. The van der Waals surface area contributed by atoms with Crippen LogP contribution in [-0.2, 0) is 24.2 Å². The average molecular weight is 315 g/mol.